The zero-order chi connectivity index (χ0) is 18.2. The smallest absolute Gasteiger partial charge is 0.231 e. The number of methoxy groups -OCH3 is 3. The van der Waals surface area contributed by atoms with Gasteiger partial charge >= 0.3 is 0 Å². The van der Waals surface area contributed by atoms with Crippen LogP contribution in [-0.2, 0) is 11.2 Å². The largest absolute Gasteiger partial charge is 0.496 e. The minimum Gasteiger partial charge on any atom is -0.496 e. The van der Waals surface area contributed by atoms with E-state index in [1.54, 1.807) is 35.2 Å². The predicted molar refractivity (Wildman–Crippen MR) is 91.8 cm³/mol. The van der Waals surface area contributed by atoms with Crippen LogP contribution >= 0.6 is 0 Å². The maximum absolute atomic E-state index is 10.3. The fourth-order valence-electron chi connectivity index (χ4n) is 3.07. The maximum atomic E-state index is 10.3. The molecule has 1 aromatic carbocycles. The van der Waals surface area contributed by atoms with Crippen molar-refractivity contribution in [1.82, 2.24) is 4.98 Å². The van der Waals surface area contributed by atoms with Crippen molar-refractivity contribution in [1.29, 1.82) is 0 Å². The molecule has 0 aliphatic carbocycles. The van der Waals surface area contributed by atoms with Crippen LogP contribution in [0.4, 0.5) is 0 Å². The van der Waals surface area contributed by atoms with E-state index in [-0.39, 0.29) is 6.79 Å². The van der Waals surface area contributed by atoms with E-state index in [2.05, 4.69) is 4.98 Å². The Balaban J connectivity index is 2.19. The molecule has 7 heteroatoms. The average Bonchev–Trinajstić information content (AvgIpc) is 3.06. The van der Waals surface area contributed by atoms with Crippen molar-refractivity contribution < 1.29 is 28.8 Å². The lowest BCUT2D eigenvalue weighted by atomic mass is 9.94. The lowest BCUT2D eigenvalue weighted by Crippen LogP contribution is -2.39. The number of rotatable bonds is 6. The molecule has 0 spiro atoms. The molecule has 1 aliphatic rings. The first-order valence-corrected chi connectivity index (χ1v) is 7.99. The van der Waals surface area contributed by atoms with Gasteiger partial charge in [0.25, 0.3) is 0 Å². The summed E-state index contributed by atoms with van der Waals surface area (Å²) in [6.45, 7) is 3.56. The first kappa shape index (κ1) is 17.6. The van der Waals surface area contributed by atoms with Gasteiger partial charge in [0, 0.05) is 18.9 Å². The molecule has 0 saturated heterocycles. The topological polar surface area (TPSA) is 79.3 Å². The number of ether oxygens (including phenoxy) is 5. The van der Waals surface area contributed by atoms with Gasteiger partial charge in [0.2, 0.25) is 12.7 Å². The van der Waals surface area contributed by atoms with Crippen LogP contribution in [0.5, 0.6) is 23.1 Å². The Bertz CT molecular complexity index is 783. The minimum absolute atomic E-state index is 0.160. The minimum atomic E-state index is -1.03. The molecular weight excluding hydrogens is 326 g/mol. The number of nitrogens with zero attached hydrogens (tertiary/aromatic N) is 1. The highest BCUT2D eigenvalue weighted by Crippen LogP contribution is 2.44. The van der Waals surface area contributed by atoms with Crippen molar-refractivity contribution in [3.8, 4) is 23.1 Å². The summed E-state index contributed by atoms with van der Waals surface area (Å²) in [4.78, 5) is 4.60. The summed E-state index contributed by atoms with van der Waals surface area (Å²) in [5, 5.41) is 11.1. The Labute approximate surface area is 146 Å². The van der Waals surface area contributed by atoms with Gasteiger partial charge in [-0.15, -0.1) is 0 Å². The third kappa shape index (κ3) is 3.05. The van der Waals surface area contributed by atoms with Gasteiger partial charge in [0.05, 0.1) is 31.5 Å². The predicted octanol–water partition coefficient (Wildman–Crippen LogP) is 2.31. The number of benzene rings is 1. The molecule has 1 N–H and O–H groups in total. The molecule has 1 atom stereocenters. The van der Waals surface area contributed by atoms with Crippen molar-refractivity contribution in [3.63, 3.8) is 0 Å². The highest BCUT2D eigenvalue weighted by atomic mass is 16.7. The lowest BCUT2D eigenvalue weighted by molar-refractivity contribution is -0.0692. The Morgan fingerprint density at radius 2 is 1.96 bits per heavy atom. The van der Waals surface area contributed by atoms with E-state index < -0.39 is 11.7 Å². The molecular formula is C18H23NO6. The van der Waals surface area contributed by atoms with Crippen molar-refractivity contribution >= 4 is 10.9 Å². The third-order valence-corrected chi connectivity index (χ3v) is 4.36. The number of aromatic nitrogens is 1. The molecule has 0 fully saturated rings. The normalized spacial score (nSPS) is 14.6. The van der Waals surface area contributed by atoms with E-state index in [0.29, 0.717) is 35.1 Å². The Kier molecular flexibility index (Phi) is 4.62. The molecule has 2 heterocycles. The molecule has 1 aromatic heterocycles. The number of hydrogen-bond donors (Lipinski definition) is 1. The van der Waals surface area contributed by atoms with E-state index in [1.807, 2.05) is 12.1 Å². The molecule has 25 heavy (non-hydrogen) atoms. The van der Waals surface area contributed by atoms with Crippen LogP contribution in [0.25, 0.3) is 10.9 Å². The first-order chi connectivity index (χ1) is 11.9. The van der Waals surface area contributed by atoms with Gasteiger partial charge in [-0.25, -0.2) is 4.98 Å². The molecule has 0 radical (unpaired) electrons. The molecule has 136 valence electrons. The zero-order valence-electron chi connectivity index (χ0n) is 15.1. The second-order valence-corrected chi connectivity index (χ2v) is 6.41. The Morgan fingerprint density at radius 3 is 2.56 bits per heavy atom. The van der Waals surface area contributed by atoms with Gasteiger partial charge in [-0.3, -0.25) is 0 Å². The SMILES string of the molecule is COc1nc2c3c(ccc2c(OC)c1C[C@H](OC)C(C)(C)O)OCO3. The van der Waals surface area contributed by atoms with Crippen LogP contribution in [0.15, 0.2) is 12.1 Å². The summed E-state index contributed by atoms with van der Waals surface area (Å²) in [5.41, 5.74) is 0.309. The van der Waals surface area contributed by atoms with Crippen LogP contribution < -0.4 is 18.9 Å². The summed E-state index contributed by atoms with van der Waals surface area (Å²) in [7, 11) is 4.70. The lowest BCUT2D eigenvalue weighted by Gasteiger charge is -2.29. The number of pyridine rings is 1. The molecule has 0 bridgehead atoms. The monoisotopic (exact) mass is 349 g/mol. The maximum Gasteiger partial charge on any atom is 0.231 e. The second kappa shape index (κ2) is 6.57. The summed E-state index contributed by atoms with van der Waals surface area (Å²) in [6, 6.07) is 3.71. The van der Waals surface area contributed by atoms with Gasteiger partial charge in [0.1, 0.15) is 11.3 Å². The van der Waals surface area contributed by atoms with Gasteiger partial charge < -0.3 is 28.8 Å². The number of fused-ring (bicyclic) bond motifs is 3. The van der Waals surface area contributed by atoms with Crippen molar-refractivity contribution in [2.24, 2.45) is 0 Å². The molecule has 1 aliphatic heterocycles. The van der Waals surface area contributed by atoms with Crippen molar-refractivity contribution in [2.45, 2.75) is 32.0 Å². The van der Waals surface area contributed by atoms with Crippen molar-refractivity contribution in [3.05, 3.63) is 17.7 Å². The highest BCUT2D eigenvalue weighted by Gasteiger charge is 2.31. The van der Waals surface area contributed by atoms with E-state index in [4.69, 9.17) is 23.7 Å². The second-order valence-electron chi connectivity index (χ2n) is 6.41. The summed E-state index contributed by atoms with van der Waals surface area (Å²) >= 11 is 0. The summed E-state index contributed by atoms with van der Waals surface area (Å²) in [5.74, 6) is 2.24. The average molecular weight is 349 g/mol. The Morgan fingerprint density at radius 1 is 1.20 bits per heavy atom. The van der Waals surface area contributed by atoms with E-state index in [9.17, 15) is 5.11 Å². The van der Waals surface area contributed by atoms with Crippen LogP contribution in [0.2, 0.25) is 0 Å². The van der Waals surface area contributed by atoms with E-state index >= 15 is 0 Å². The number of hydrogen-bond acceptors (Lipinski definition) is 7. The van der Waals surface area contributed by atoms with Crippen LogP contribution in [-0.4, -0.2) is 49.9 Å². The van der Waals surface area contributed by atoms with E-state index in [0.717, 1.165) is 10.9 Å². The van der Waals surface area contributed by atoms with Crippen LogP contribution in [0, 0.1) is 0 Å². The fraction of sp³-hybridized carbons (Fsp3) is 0.500. The molecule has 0 saturated carbocycles. The highest BCUT2D eigenvalue weighted by molar-refractivity contribution is 5.94. The molecule has 0 amide bonds. The zero-order valence-corrected chi connectivity index (χ0v) is 15.1. The van der Waals surface area contributed by atoms with Gasteiger partial charge in [0.15, 0.2) is 11.5 Å². The molecule has 7 nitrogen and oxygen atoms in total. The Hall–Kier alpha value is -2.25. The quantitative estimate of drug-likeness (QED) is 0.857. The first-order valence-electron chi connectivity index (χ1n) is 7.99. The standard InChI is InChI=1S/C18H23NO6/c1-18(2,20)13(21-3)8-11-15(22-4)10-6-7-12-16(25-9-24-12)14(10)19-17(11)23-5/h6-7,13,20H,8-9H2,1-5H3/t13-/m0/s1. The van der Waals surface area contributed by atoms with Gasteiger partial charge in [-0.1, -0.05) is 0 Å². The fourth-order valence-corrected chi connectivity index (χ4v) is 3.07. The summed E-state index contributed by atoms with van der Waals surface area (Å²) in [6.07, 6.45) is -0.0763. The van der Waals surface area contributed by atoms with Crippen LogP contribution in [0.1, 0.15) is 19.4 Å². The van der Waals surface area contributed by atoms with Crippen molar-refractivity contribution in [2.75, 3.05) is 28.1 Å². The van der Waals surface area contributed by atoms with Gasteiger partial charge in [-0.2, -0.15) is 0 Å². The third-order valence-electron chi connectivity index (χ3n) is 4.36. The molecule has 0 unspecified atom stereocenters. The van der Waals surface area contributed by atoms with Crippen LogP contribution in [0.3, 0.4) is 0 Å². The number of aliphatic hydroxyl groups is 1. The van der Waals surface area contributed by atoms with E-state index in [1.165, 1.54) is 0 Å². The van der Waals surface area contributed by atoms with Gasteiger partial charge in [-0.05, 0) is 26.0 Å². The molecule has 2 aromatic rings. The summed E-state index contributed by atoms with van der Waals surface area (Å²) < 4.78 is 27.6. The molecule has 3 rings (SSSR count).